The number of alkyl carbamates (subject to hydrolysis) is 1. The minimum atomic E-state index is -0.400. The van der Waals surface area contributed by atoms with Gasteiger partial charge in [-0.25, -0.2) is 4.79 Å². The van der Waals surface area contributed by atoms with Crippen LogP contribution in [0.4, 0.5) is 10.5 Å². The molecule has 6 nitrogen and oxygen atoms in total. The van der Waals surface area contributed by atoms with Crippen LogP contribution in [0.5, 0.6) is 5.75 Å². The van der Waals surface area contributed by atoms with Gasteiger partial charge < -0.3 is 25.4 Å². The molecule has 1 rings (SSSR count). The van der Waals surface area contributed by atoms with Crippen LogP contribution in [0.25, 0.3) is 0 Å². The summed E-state index contributed by atoms with van der Waals surface area (Å²) in [4.78, 5) is 13.8. The first-order valence-corrected chi connectivity index (χ1v) is 7.43. The monoisotopic (exact) mass is 309 g/mol. The molecule has 0 heterocycles. The van der Waals surface area contributed by atoms with Gasteiger partial charge in [-0.1, -0.05) is 13.0 Å². The largest absolute Gasteiger partial charge is 0.495 e. The third-order valence-electron chi connectivity index (χ3n) is 3.58. The highest BCUT2D eigenvalue weighted by Gasteiger charge is 2.17. The van der Waals surface area contributed by atoms with Crippen molar-refractivity contribution in [3.63, 3.8) is 0 Å². The lowest BCUT2D eigenvalue weighted by molar-refractivity contribution is 0.102. The molecule has 1 aromatic carbocycles. The zero-order valence-electron chi connectivity index (χ0n) is 14.1. The molecular weight excluding hydrogens is 282 g/mol. The average molecular weight is 309 g/mol. The molecule has 0 fully saturated rings. The molecule has 0 aromatic heterocycles. The van der Waals surface area contributed by atoms with E-state index in [2.05, 4.69) is 5.32 Å². The summed E-state index contributed by atoms with van der Waals surface area (Å²) in [6.45, 7) is 4.28. The fourth-order valence-electron chi connectivity index (χ4n) is 2.05. The number of ether oxygens (including phenoxy) is 2. The van der Waals surface area contributed by atoms with Crippen molar-refractivity contribution in [3.8, 4) is 5.75 Å². The van der Waals surface area contributed by atoms with Crippen LogP contribution in [-0.2, 0) is 4.74 Å². The number of hydrogen-bond donors (Lipinski definition) is 2. The van der Waals surface area contributed by atoms with Gasteiger partial charge in [-0.2, -0.15) is 0 Å². The molecule has 2 atom stereocenters. The SMILES string of the molecule is CCC(C)OC(=O)NCC(c1ccc(OC)c(N)c1)N(C)C. The van der Waals surface area contributed by atoms with Crippen LogP contribution in [0, 0.1) is 0 Å². The third-order valence-corrected chi connectivity index (χ3v) is 3.58. The van der Waals surface area contributed by atoms with Crippen LogP contribution in [-0.4, -0.2) is 44.8 Å². The number of rotatable bonds is 7. The molecule has 0 radical (unpaired) electrons. The van der Waals surface area contributed by atoms with Crippen molar-refractivity contribution in [1.82, 2.24) is 10.2 Å². The maximum atomic E-state index is 11.7. The summed E-state index contributed by atoms with van der Waals surface area (Å²) in [5.74, 6) is 0.644. The molecule has 0 bridgehead atoms. The number of nitrogens with two attached hydrogens (primary N) is 1. The Morgan fingerprint density at radius 2 is 2.09 bits per heavy atom. The van der Waals surface area contributed by atoms with Crippen LogP contribution < -0.4 is 15.8 Å². The van der Waals surface area contributed by atoms with Gasteiger partial charge in [0.05, 0.1) is 18.8 Å². The maximum Gasteiger partial charge on any atom is 0.407 e. The topological polar surface area (TPSA) is 76.8 Å². The van der Waals surface area contributed by atoms with E-state index in [1.165, 1.54) is 0 Å². The van der Waals surface area contributed by atoms with E-state index in [1.807, 2.05) is 51.0 Å². The Hall–Kier alpha value is -1.95. The van der Waals surface area contributed by atoms with Crippen molar-refractivity contribution >= 4 is 11.8 Å². The number of hydrogen-bond acceptors (Lipinski definition) is 5. The minimum absolute atomic E-state index is 0.00214. The molecule has 3 N–H and O–H groups in total. The molecule has 6 heteroatoms. The van der Waals surface area contributed by atoms with Crippen molar-refractivity contribution in [3.05, 3.63) is 23.8 Å². The van der Waals surface area contributed by atoms with Gasteiger partial charge in [0.2, 0.25) is 0 Å². The van der Waals surface area contributed by atoms with Crippen molar-refractivity contribution in [1.29, 1.82) is 0 Å². The van der Waals surface area contributed by atoms with Gasteiger partial charge in [-0.15, -0.1) is 0 Å². The van der Waals surface area contributed by atoms with E-state index in [-0.39, 0.29) is 12.1 Å². The van der Waals surface area contributed by atoms with E-state index in [4.69, 9.17) is 15.2 Å². The number of carbonyl (C=O) groups is 1. The smallest absolute Gasteiger partial charge is 0.407 e. The summed E-state index contributed by atoms with van der Waals surface area (Å²) in [5.41, 5.74) is 7.54. The lowest BCUT2D eigenvalue weighted by Crippen LogP contribution is -2.36. The second-order valence-corrected chi connectivity index (χ2v) is 5.49. The standard InChI is InChI=1S/C16H27N3O3/c1-6-11(2)22-16(20)18-10-14(19(3)4)12-7-8-15(21-5)13(17)9-12/h7-9,11,14H,6,10,17H2,1-5H3,(H,18,20). The van der Waals surface area contributed by atoms with E-state index in [0.717, 1.165) is 12.0 Å². The fourth-order valence-corrected chi connectivity index (χ4v) is 2.05. The minimum Gasteiger partial charge on any atom is -0.495 e. The number of methoxy groups -OCH3 is 1. The number of amides is 1. The number of nitrogen functional groups attached to an aromatic ring is 1. The first kappa shape index (κ1) is 18.1. The van der Waals surface area contributed by atoms with Gasteiger partial charge in [-0.05, 0) is 45.1 Å². The predicted molar refractivity (Wildman–Crippen MR) is 88.1 cm³/mol. The molecular formula is C16H27N3O3. The molecule has 0 spiro atoms. The molecule has 1 amide bonds. The molecule has 124 valence electrons. The normalized spacial score (nSPS) is 13.5. The van der Waals surface area contributed by atoms with Gasteiger partial charge in [-0.3, -0.25) is 0 Å². The molecule has 0 saturated heterocycles. The summed E-state index contributed by atoms with van der Waals surface area (Å²) in [5, 5.41) is 2.80. The highest BCUT2D eigenvalue weighted by atomic mass is 16.6. The average Bonchev–Trinajstić information content (AvgIpc) is 2.47. The van der Waals surface area contributed by atoms with Crippen molar-refractivity contribution in [2.45, 2.75) is 32.4 Å². The van der Waals surface area contributed by atoms with Gasteiger partial charge >= 0.3 is 6.09 Å². The second-order valence-electron chi connectivity index (χ2n) is 5.49. The number of likely N-dealkylation sites (N-methyl/N-ethyl adjacent to an activating group) is 1. The zero-order chi connectivity index (χ0) is 16.7. The first-order valence-electron chi connectivity index (χ1n) is 7.43. The summed E-state index contributed by atoms with van der Waals surface area (Å²) in [6, 6.07) is 5.64. The van der Waals surface area contributed by atoms with Crippen molar-refractivity contribution in [2.24, 2.45) is 0 Å². The molecule has 0 saturated carbocycles. The molecule has 22 heavy (non-hydrogen) atoms. The molecule has 2 unspecified atom stereocenters. The number of nitrogens with one attached hydrogen (secondary N) is 1. The molecule has 0 aliphatic rings. The van der Waals surface area contributed by atoms with E-state index in [9.17, 15) is 4.79 Å². The number of carbonyl (C=O) groups excluding carboxylic acids is 1. The Morgan fingerprint density at radius 3 is 2.59 bits per heavy atom. The Labute approximate surface area is 132 Å². The van der Waals surface area contributed by atoms with Gasteiger partial charge in [0.15, 0.2) is 0 Å². The fraction of sp³-hybridized carbons (Fsp3) is 0.562. The van der Waals surface area contributed by atoms with Crippen LogP contribution in [0.2, 0.25) is 0 Å². The van der Waals surface area contributed by atoms with E-state index < -0.39 is 6.09 Å². The van der Waals surface area contributed by atoms with Crippen molar-refractivity contribution in [2.75, 3.05) is 33.5 Å². The summed E-state index contributed by atoms with van der Waals surface area (Å²) in [6.07, 6.45) is 0.302. The van der Waals surface area contributed by atoms with Gasteiger partial charge in [0.1, 0.15) is 11.9 Å². The maximum absolute atomic E-state index is 11.7. The molecule has 0 aliphatic carbocycles. The summed E-state index contributed by atoms with van der Waals surface area (Å²) < 4.78 is 10.4. The third kappa shape index (κ3) is 5.11. The Morgan fingerprint density at radius 1 is 1.41 bits per heavy atom. The van der Waals surface area contributed by atoms with E-state index in [1.54, 1.807) is 7.11 Å². The van der Waals surface area contributed by atoms with E-state index in [0.29, 0.717) is 18.0 Å². The summed E-state index contributed by atoms with van der Waals surface area (Å²) in [7, 11) is 5.49. The number of benzene rings is 1. The molecule has 1 aromatic rings. The highest BCUT2D eigenvalue weighted by Crippen LogP contribution is 2.27. The summed E-state index contributed by atoms with van der Waals surface area (Å²) >= 11 is 0. The Balaban J connectivity index is 2.74. The lowest BCUT2D eigenvalue weighted by Gasteiger charge is -2.26. The van der Waals surface area contributed by atoms with Gasteiger partial charge in [0.25, 0.3) is 0 Å². The second kappa shape index (κ2) is 8.48. The first-order chi connectivity index (χ1) is 10.4. The van der Waals surface area contributed by atoms with Crippen LogP contribution in [0.1, 0.15) is 31.9 Å². The van der Waals surface area contributed by atoms with Crippen molar-refractivity contribution < 1.29 is 14.3 Å². The number of anilines is 1. The predicted octanol–water partition coefficient (Wildman–Crippen LogP) is 2.40. The number of nitrogens with zero attached hydrogens (tertiary/aromatic N) is 1. The van der Waals surface area contributed by atoms with E-state index >= 15 is 0 Å². The highest BCUT2D eigenvalue weighted by molar-refractivity contribution is 5.67. The Bertz CT molecular complexity index is 492. The lowest BCUT2D eigenvalue weighted by atomic mass is 10.0. The van der Waals surface area contributed by atoms with Gasteiger partial charge in [0, 0.05) is 6.54 Å². The van der Waals surface area contributed by atoms with Crippen LogP contribution in [0.15, 0.2) is 18.2 Å². The zero-order valence-corrected chi connectivity index (χ0v) is 14.1. The van der Waals surface area contributed by atoms with Crippen LogP contribution in [0.3, 0.4) is 0 Å². The van der Waals surface area contributed by atoms with Crippen LogP contribution >= 0.6 is 0 Å². The molecule has 0 aliphatic heterocycles. The Kier molecular flexibility index (Phi) is 6.98. The quantitative estimate of drug-likeness (QED) is 0.756.